The Morgan fingerprint density at radius 1 is 1.24 bits per heavy atom. The van der Waals surface area contributed by atoms with Gasteiger partial charge in [-0.3, -0.25) is 4.79 Å². The monoisotopic (exact) mass is 347 g/mol. The maximum Gasteiger partial charge on any atom is 0.197 e. The third-order valence-corrected chi connectivity index (χ3v) is 5.02. The summed E-state index contributed by atoms with van der Waals surface area (Å²) >= 11 is 0. The fourth-order valence-corrected chi connectivity index (χ4v) is 3.39. The van der Waals surface area contributed by atoms with E-state index in [1.807, 2.05) is 12.1 Å². The van der Waals surface area contributed by atoms with E-state index in [9.17, 15) is 9.90 Å². The SMILES string of the molecule is CCN(C)C.COC1=CC2CCc3ccc(OC)c(O)c3C2CC1=O. The molecule has 2 atom stereocenters. The minimum absolute atomic E-state index is 0.00354. The lowest BCUT2D eigenvalue weighted by Crippen LogP contribution is -2.27. The predicted molar refractivity (Wildman–Crippen MR) is 98.2 cm³/mol. The van der Waals surface area contributed by atoms with Crippen LogP contribution in [0, 0.1) is 5.92 Å². The van der Waals surface area contributed by atoms with Crippen LogP contribution in [0.25, 0.3) is 0 Å². The number of phenolic OH excluding ortho intramolecular Hbond substituents is 1. The number of Topliss-reactive ketones (excluding diaryl/α,β-unsaturated/α-hetero) is 1. The van der Waals surface area contributed by atoms with Gasteiger partial charge in [0.2, 0.25) is 0 Å². The molecule has 2 unspecified atom stereocenters. The van der Waals surface area contributed by atoms with Gasteiger partial charge < -0.3 is 19.5 Å². The normalized spacial score (nSPS) is 21.5. The molecule has 25 heavy (non-hydrogen) atoms. The molecule has 2 aliphatic rings. The molecule has 3 rings (SSSR count). The van der Waals surface area contributed by atoms with Gasteiger partial charge in [-0.2, -0.15) is 0 Å². The Bertz CT molecular complexity index is 651. The topological polar surface area (TPSA) is 59.0 Å². The number of methoxy groups -OCH3 is 2. The number of phenols is 1. The van der Waals surface area contributed by atoms with Gasteiger partial charge in [0.1, 0.15) is 0 Å². The van der Waals surface area contributed by atoms with Crippen LogP contribution in [0.3, 0.4) is 0 Å². The van der Waals surface area contributed by atoms with Crippen LogP contribution in [0.2, 0.25) is 0 Å². The highest BCUT2D eigenvalue weighted by Crippen LogP contribution is 2.48. The van der Waals surface area contributed by atoms with E-state index in [2.05, 4.69) is 25.9 Å². The number of carbonyl (C=O) groups excluding carboxylic acids is 1. The highest BCUT2D eigenvalue weighted by molar-refractivity contribution is 5.95. The van der Waals surface area contributed by atoms with Crippen molar-refractivity contribution in [3.05, 3.63) is 35.1 Å². The first-order chi connectivity index (χ1) is 11.9. The number of carbonyl (C=O) groups is 1. The second-order valence-corrected chi connectivity index (χ2v) is 6.76. The standard InChI is InChI=1S/C16H18O4.C4H11N/c1-19-13-6-5-9-3-4-10-7-14(20-2)12(17)8-11(10)15(9)16(13)18;1-4-5(2)3/h5-7,10-11,18H,3-4,8H2,1-2H3;4H2,1-3H3. The van der Waals surface area contributed by atoms with Gasteiger partial charge in [-0.1, -0.05) is 13.0 Å². The first kappa shape index (κ1) is 19.3. The lowest BCUT2D eigenvalue weighted by Gasteiger charge is -2.35. The summed E-state index contributed by atoms with van der Waals surface area (Å²) in [5.41, 5.74) is 1.99. The summed E-state index contributed by atoms with van der Waals surface area (Å²) in [6.45, 7) is 3.26. The van der Waals surface area contributed by atoms with Crippen LogP contribution >= 0.6 is 0 Å². The van der Waals surface area contributed by atoms with Gasteiger partial charge in [0.15, 0.2) is 23.0 Å². The van der Waals surface area contributed by atoms with Gasteiger partial charge in [0.05, 0.1) is 14.2 Å². The number of hydrogen-bond acceptors (Lipinski definition) is 5. The lowest BCUT2D eigenvalue weighted by atomic mass is 9.70. The van der Waals surface area contributed by atoms with Crippen LogP contribution < -0.4 is 4.74 Å². The van der Waals surface area contributed by atoms with Crippen LogP contribution in [-0.2, 0) is 16.0 Å². The first-order valence-corrected chi connectivity index (χ1v) is 8.75. The molecule has 0 saturated carbocycles. The number of benzene rings is 1. The van der Waals surface area contributed by atoms with E-state index in [0.29, 0.717) is 17.9 Å². The van der Waals surface area contributed by atoms with Crippen molar-refractivity contribution in [2.24, 2.45) is 5.92 Å². The maximum atomic E-state index is 12.0. The summed E-state index contributed by atoms with van der Waals surface area (Å²) in [7, 11) is 7.18. The smallest absolute Gasteiger partial charge is 0.197 e. The number of ketones is 1. The molecule has 0 spiro atoms. The second-order valence-electron chi connectivity index (χ2n) is 6.76. The van der Waals surface area contributed by atoms with Gasteiger partial charge in [-0.15, -0.1) is 0 Å². The van der Waals surface area contributed by atoms with Gasteiger partial charge in [-0.25, -0.2) is 0 Å². The Labute approximate surface area is 150 Å². The summed E-state index contributed by atoms with van der Waals surface area (Å²) in [5, 5.41) is 10.4. The number of aryl methyl sites for hydroxylation is 1. The zero-order valence-corrected chi connectivity index (χ0v) is 15.8. The van der Waals surface area contributed by atoms with Crippen molar-refractivity contribution in [2.45, 2.75) is 32.1 Å². The molecule has 0 saturated heterocycles. The summed E-state index contributed by atoms with van der Waals surface area (Å²) < 4.78 is 10.3. The third-order valence-electron chi connectivity index (χ3n) is 5.02. The van der Waals surface area contributed by atoms with Crippen LogP contribution in [0.1, 0.15) is 36.8 Å². The van der Waals surface area contributed by atoms with Crippen LogP contribution in [0.4, 0.5) is 0 Å². The Hall–Kier alpha value is -2.01. The molecule has 138 valence electrons. The Morgan fingerprint density at radius 2 is 1.92 bits per heavy atom. The number of hydrogen-bond donors (Lipinski definition) is 1. The predicted octanol–water partition coefficient (Wildman–Crippen LogP) is 3.12. The number of nitrogens with zero attached hydrogens (tertiary/aromatic N) is 1. The largest absolute Gasteiger partial charge is 0.504 e. The van der Waals surface area contributed by atoms with Crippen molar-refractivity contribution in [1.29, 1.82) is 0 Å². The number of fused-ring (bicyclic) bond motifs is 3. The molecule has 0 amide bonds. The summed E-state index contributed by atoms with van der Waals surface area (Å²) in [6, 6.07) is 3.78. The number of aromatic hydroxyl groups is 1. The Kier molecular flexibility index (Phi) is 6.48. The van der Waals surface area contributed by atoms with E-state index in [1.54, 1.807) is 6.07 Å². The van der Waals surface area contributed by atoms with E-state index in [4.69, 9.17) is 9.47 Å². The molecular weight excluding hydrogens is 318 g/mol. The van der Waals surface area contributed by atoms with E-state index in [1.165, 1.54) is 14.2 Å². The molecule has 1 N–H and O–H groups in total. The van der Waals surface area contributed by atoms with Gasteiger partial charge >= 0.3 is 0 Å². The first-order valence-electron chi connectivity index (χ1n) is 8.75. The number of rotatable bonds is 3. The minimum Gasteiger partial charge on any atom is -0.504 e. The molecule has 0 aliphatic heterocycles. The maximum absolute atomic E-state index is 12.0. The molecule has 0 heterocycles. The van der Waals surface area contributed by atoms with Crippen molar-refractivity contribution in [1.82, 2.24) is 4.90 Å². The molecule has 0 aromatic heterocycles. The van der Waals surface area contributed by atoms with Crippen molar-refractivity contribution < 1.29 is 19.4 Å². The quantitative estimate of drug-likeness (QED) is 0.910. The fraction of sp³-hybridized carbons (Fsp3) is 0.550. The molecule has 1 aromatic rings. The fourth-order valence-electron chi connectivity index (χ4n) is 3.39. The molecule has 0 bridgehead atoms. The van der Waals surface area contributed by atoms with Crippen molar-refractivity contribution in [2.75, 3.05) is 34.9 Å². The van der Waals surface area contributed by atoms with Crippen molar-refractivity contribution in [3.8, 4) is 11.5 Å². The molecule has 1 aromatic carbocycles. The van der Waals surface area contributed by atoms with E-state index in [0.717, 1.165) is 30.5 Å². The summed E-state index contributed by atoms with van der Waals surface area (Å²) in [6.07, 6.45) is 4.18. The van der Waals surface area contributed by atoms with E-state index < -0.39 is 0 Å². The zero-order chi connectivity index (χ0) is 18.6. The molecular formula is C20H29NO4. The third kappa shape index (κ3) is 4.15. The van der Waals surface area contributed by atoms with Gasteiger partial charge in [0.25, 0.3) is 0 Å². The molecule has 5 heteroatoms. The molecule has 0 fully saturated rings. The Morgan fingerprint density at radius 3 is 2.48 bits per heavy atom. The average molecular weight is 347 g/mol. The van der Waals surface area contributed by atoms with Crippen LogP contribution in [-0.4, -0.2) is 50.6 Å². The Balaban J connectivity index is 0.000000399. The van der Waals surface area contributed by atoms with Crippen LogP contribution in [0.15, 0.2) is 24.0 Å². The van der Waals surface area contributed by atoms with E-state index >= 15 is 0 Å². The number of allylic oxidation sites excluding steroid dienone is 2. The molecule has 0 radical (unpaired) electrons. The van der Waals surface area contributed by atoms with Gasteiger partial charge in [0, 0.05) is 17.9 Å². The van der Waals surface area contributed by atoms with Crippen molar-refractivity contribution in [3.63, 3.8) is 0 Å². The highest BCUT2D eigenvalue weighted by Gasteiger charge is 2.37. The van der Waals surface area contributed by atoms with E-state index in [-0.39, 0.29) is 23.4 Å². The molecule has 5 nitrogen and oxygen atoms in total. The summed E-state index contributed by atoms with van der Waals surface area (Å²) in [4.78, 5) is 14.2. The molecule has 2 aliphatic carbocycles. The average Bonchev–Trinajstić information content (AvgIpc) is 2.61. The zero-order valence-electron chi connectivity index (χ0n) is 15.8. The second kappa shape index (κ2) is 8.39. The van der Waals surface area contributed by atoms with Crippen molar-refractivity contribution >= 4 is 5.78 Å². The number of ether oxygens (including phenoxy) is 2. The highest BCUT2D eigenvalue weighted by atomic mass is 16.5. The minimum atomic E-state index is 0.00354. The van der Waals surface area contributed by atoms with Gasteiger partial charge in [-0.05, 0) is 57.1 Å². The summed E-state index contributed by atoms with van der Waals surface area (Å²) in [5.74, 6) is 1.38. The lowest BCUT2D eigenvalue weighted by molar-refractivity contribution is -0.119. The van der Waals surface area contributed by atoms with Crippen LogP contribution in [0.5, 0.6) is 11.5 Å².